The van der Waals surface area contributed by atoms with Crippen LogP contribution >= 0.6 is 0 Å². The van der Waals surface area contributed by atoms with Gasteiger partial charge in [0.15, 0.2) is 17.6 Å². The average molecular weight is 328 g/mol. The molecule has 0 aromatic heterocycles. The molecule has 24 heavy (non-hydrogen) atoms. The van der Waals surface area contributed by atoms with Crippen molar-refractivity contribution in [3.63, 3.8) is 0 Å². The highest BCUT2D eigenvalue weighted by Crippen LogP contribution is 2.42. The van der Waals surface area contributed by atoms with Gasteiger partial charge in [-0.15, -0.1) is 0 Å². The van der Waals surface area contributed by atoms with E-state index in [0.29, 0.717) is 23.7 Å². The van der Waals surface area contributed by atoms with Crippen LogP contribution in [0.5, 0.6) is 17.2 Å². The first kappa shape index (κ1) is 16.3. The molecule has 1 aliphatic heterocycles. The van der Waals surface area contributed by atoms with Crippen LogP contribution in [-0.4, -0.2) is 26.3 Å². The Morgan fingerprint density at radius 1 is 1.12 bits per heavy atom. The molecule has 0 bridgehead atoms. The Labute approximate surface area is 141 Å². The maximum atomic E-state index is 11.3. The van der Waals surface area contributed by atoms with Gasteiger partial charge in [-0.2, -0.15) is 0 Å². The van der Waals surface area contributed by atoms with Crippen molar-refractivity contribution in [3.05, 3.63) is 53.6 Å². The molecule has 0 amide bonds. The third-order valence-electron chi connectivity index (χ3n) is 4.04. The molecule has 5 heteroatoms. The van der Waals surface area contributed by atoms with Crippen LogP contribution in [0.4, 0.5) is 0 Å². The number of carbonyl (C=O) groups is 1. The minimum Gasteiger partial charge on any atom is -0.493 e. The van der Waals surface area contributed by atoms with E-state index in [0.717, 1.165) is 11.1 Å². The van der Waals surface area contributed by atoms with Crippen molar-refractivity contribution in [2.24, 2.45) is 0 Å². The summed E-state index contributed by atoms with van der Waals surface area (Å²) in [5, 5.41) is 0. The van der Waals surface area contributed by atoms with Crippen molar-refractivity contribution in [3.8, 4) is 17.2 Å². The summed E-state index contributed by atoms with van der Waals surface area (Å²) in [7, 11) is 3.20. The Morgan fingerprint density at radius 2 is 1.88 bits per heavy atom. The molecule has 0 radical (unpaired) electrons. The summed E-state index contributed by atoms with van der Waals surface area (Å²) >= 11 is 0. The lowest BCUT2D eigenvalue weighted by Gasteiger charge is -2.33. The lowest BCUT2D eigenvalue weighted by molar-refractivity contribution is -0.132. The highest BCUT2D eigenvalue weighted by Gasteiger charge is 2.32. The summed E-state index contributed by atoms with van der Waals surface area (Å²) in [5.74, 6) is 1.17. The Kier molecular flexibility index (Phi) is 4.71. The molecule has 0 fully saturated rings. The van der Waals surface area contributed by atoms with Gasteiger partial charge in [-0.25, -0.2) is 0 Å². The molecule has 0 aliphatic carbocycles. The van der Waals surface area contributed by atoms with Gasteiger partial charge in [0, 0.05) is 32.1 Å². The monoisotopic (exact) mass is 328 g/mol. The van der Waals surface area contributed by atoms with Gasteiger partial charge in [-0.3, -0.25) is 4.79 Å². The number of esters is 1. The van der Waals surface area contributed by atoms with Gasteiger partial charge in [-0.1, -0.05) is 30.3 Å². The second kappa shape index (κ2) is 6.93. The molecule has 126 valence electrons. The van der Waals surface area contributed by atoms with Crippen LogP contribution in [-0.2, 0) is 16.0 Å². The first-order valence-corrected chi connectivity index (χ1v) is 7.76. The fourth-order valence-corrected chi connectivity index (χ4v) is 2.92. The molecule has 2 aromatic rings. The second-order valence-electron chi connectivity index (χ2n) is 5.63. The normalized spacial score (nSPS) is 19.1. The average Bonchev–Trinajstić information content (AvgIpc) is 2.60. The van der Waals surface area contributed by atoms with Crippen molar-refractivity contribution >= 4 is 5.97 Å². The van der Waals surface area contributed by atoms with E-state index in [1.165, 1.54) is 14.0 Å². The van der Waals surface area contributed by atoms with Crippen LogP contribution in [0.2, 0.25) is 0 Å². The van der Waals surface area contributed by atoms with Crippen molar-refractivity contribution in [1.82, 2.24) is 0 Å². The predicted octanol–water partition coefficient (Wildman–Crippen LogP) is 3.31. The minimum atomic E-state index is -0.393. The number of fused-ring (bicyclic) bond motifs is 1. The molecule has 1 heterocycles. The maximum Gasteiger partial charge on any atom is 0.308 e. The van der Waals surface area contributed by atoms with Gasteiger partial charge in [-0.05, 0) is 11.6 Å². The Bertz CT molecular complexity index is 726. The molecular formula is C19H20O5. The zero-order valence-electron chi connectivity index (χ0n) is 13.9. The molecule has 2 atom stereocenters. The number of hydrogen-bond acceptors (Lipinski definition) is 5. The van der Waals surface area contributed by atoms with Crippen molar-refractivity contribution < 1.29 is 23.7 Å². The first-order valence-electron chi connectivity index (χ1n) is 7.76. The summed E-state index contributed by atoms with van der Waals surface area (Å²) in [6, 6.07) is 13.5. The number of ether oxygens (including phenoxy) is 4. The minimum absolute atomic E-state index is 0.126. The molecule has 0 saturated heterocycles. The topological polar surface area (TPSA) is 54.0 Å². The standard InChI is InChI=1S/C19H20O5/c1-12(20)23-17-9-14-10-18(22-3)19(13-7-5-4-6-8-13)24-15(14)11-16(17)21-2/h4-9,11,18-19H,10H2,1-3H3. The van der Waals surface area contributed by atoms with E-state index in [2.05, 4.69) is 0 Å². The van der Waals surface area contributed by atoms with E-state index in [4.69, 9.17) is 18.9 Å². The highest BCUT2D eigenvalue weighted by atomic mass is 16.6. The van der Waals surface area contributed by atoms with Gasteiger partial charge in [0.1, 0.15) is 11.9 Å². The van der Waals surface area contributed by atoms with Crippen LogP contribution in [0.25, 0.3) is 0 Å². The van der Waals surface area contributed by atoms with E-state index in [1.54, 1.807) is 19.2 Å². The first-order chi connectivity index (χ1) is 11.6. The van der Waals surface area contributed by atoms with Crippen LogP contribution in [0, 0.1) is 0 Å². The van der Waals surface area contributed by atoms with Crippen molar-refractivity contribution in [1.29, 1.82) is 0 Å². The van der Waals surface area contributed by atoms with Crippen molar-refractivity contribution in [2.45, 2.75) is 25.6 Å². The molecule has 3 rings (SSSR count). The summed E-state index contributed by atoms with van der Waals surface area (Å²) in [4.78, 5) is 11.3. The van der Waals surface area contributed by atoms with Crippen LogP contribution in [0.1, 0.15) is 24.2 Å². The van der Waals surface area contributed by atoms with Crippen LogP contribution in [0.3, 0.4) is 0 Å². The Morgan fingerprint density at radius 3 is 2.50 bits per heavy atom. The van der Waals surface area contributed by atoms with Gasteiger partial charge >= 0.3 is 5.97 Å². The number of rotatable bonds is 4. The van der Waals surface area contributed by atoms with E-state index >= 15 is 0 Å². The summed E-state index contributed by atoms with van der Waals surface area (Å²) < 4.78 is 22.3. The van der Waals surface area contributed by atoms with Gasteiger partial charge in [0.2, 0.25) is 0 Å². The molecule has 0 N–H and O–H groups in total. The number of hydrogen-bond donors (Lipinski definition) is 0. The number of carbonyl (C=O) groups excluding carboxylic acids is 1. The SMILES string of the molecule is COc1cc2c(cc1OC(C)=O)CC(OC)C(c1ccccc1)O2. The Hall–Kier alpha value is -2.53. The number of methoxy groups -OCH3 is 2. The van der Waals surface area contributed by atoms with E-state index in [-0.39, 0.29) is 12.2 Å². The summed E-state index contributed by atoms with van der Waals surface area (Å²) in [6.07, 6.45) is 0.329. The second-order valence-corrected chi connectivity index (χ2v) is 5.63. The summed E-state index contributed by atoms with van der Waals surface area (Å²) in [5.41, 5.74) is 1.98. The lowest BCUT2D eigenvalue weighted by atomic mass is 9.94. The molecular weight excluding hydrogens is 308 g/mol. The largest absolute Gasteiger partial charge is 0.493 e. The van der Waals surface area contributed by atoms with E-state index in [1.807, 2.05) is 30.3 Å². The van der Waals surface area contributed by atoms with Crippen LogP contribution in [0.15, 0.2) is 42.5 Å². The molecule has 0 saturated carbocycles. The van der Waals surface area contributed by atoms with Crippen LogP contribution < -0.4 is 14.2 Å². The smallest absolute Gasteiger partial charge is 0.308 e. The third kappa shape index (κ3) is 3.21. The molecule has 5 nitrogen and oxygen atoms in total. The molecule has 1 aliphatic rings. The number of benzene rings is 2. The zero-order chi connectivity index (χ0) is 17.1. The maximum absolute atomic E-state index is 11.3. The lowest BCUT2D eigenvalue weighted by Crippen LogP contribution is -2.32. The van der Waals surface area contributed by atoms with E-state index in [9.17, 15) is 4.79 Å². The Balaban J connectivity index is 1.98. The third-order valence-corrected chi connectivity index (χ3v) is 4.04. The van der Waals surface area contributed by atoms with Crippen molar-refractivity contribution in [2.75, 3.05) is 14.2 Å². The predicted molar refractivity (Wildman–Crippen MR) is 88.6 cm³/mol. The van der Waals surface area contributed by atoms with E-state index < -0.39 is 5.97 Å². The fourth-order valence-electron chi connectivity index (χ4n) is 2.92. The van der Waals surface area contributed by atoms with Gasteiger partial charge in [0.25, 0.3) is 0 Å². The zero-order valence-corrected chi connectivity index (χ0v) is 13.9. The summed E-state index contributed by atoms with van der Waals surface area (Å²) in [6.45, 7) is 1.36. The van der Waals surface area contributed by atoms with Gasteiger partial charge < -0.3 is 18.9 Å². The quantitative estimate of drug-likeness (QED) is 0.637. The molecule has 2 aromatic carbocycles. The highest BCUT2D eigenvalue weighted by molar-refractivity contribution is 5.71. The molecule has 2 unspecified atom stereocenters. The molecule has 0 spiro atoms. The fraction of sp³-hybridized carbons (Fsp3) is 0.316. The van der Waals surface area contributed by atoms with Gasteiger partial charge in [0.05, 0.1) is 7.11 Å².